The molecular formula is C17H14BrN3O3. The average molecular weight is 388 g/mol. The van der Waals surface area contributed by atoms with Crippen molar-refractivity contribution in [1.29, 1.82) is 0 Å². The van der Waals surface area contributed by atoms with Crippen LogP contribution >= 0.6 is 15.9 Å². The van der Waals surface area contributed by atoms with Gasteiger partial charge in [-0.05, 0) is 31.2 Å². The van der Waals surface area contributed by atoms with E-state index in [1.165, 1.54) is 4.68 Å². The molecule has 0 saturated carbocycles. The molecule has 3 aromatic rings. The molecule has 0 N–H and O–H groups in total. The normalized spacial score (nSPS) is 12.1. The largest absolute Gasteiger partial charge is 0.453 e. The number of fused-ring (bicyclic) bond motifs is 1. The minimum absolute atomic E-state index is 0.0987. The first-order valence-electron chi connectivity index (χ1n) is 7.32. The summed E-state index contributed by atoms with van der Waals surface area (Å²) in [5, 5.41) is 7.91. The molecule has 6 nitrogen and oxygen atoms in total. The second-order valence-electron chi connectivity index (χ2n) is 5.24. The molecule has 0 amide bonds. The zero-order valence-electron chi connectivity index (χ0n) is 12.8. The van der Waals surface area contributed by atoms with Gasteiger partial charge < -0.3 is 4.74 Å². The van der Waals surface area contributed by atoms with Crippen LogP contribution < -0.4 is 0 Å². The number of ether oxygens (including phenoxy) is 1. The van der Waals surface area contributed by atoms with Crippen molar-refractivity contribution in [2.45, 2.75) is 19.6 Å². The maximum Gasteiger partial charge on any atom is 0.328 e. The number of rotatable bonds is 5. The SMILES string of the molecule is CC(OC(=O)Cn1nnc2ccccc21)C(=O)c1ccc(Br)cc1. The molecule has 0 aliphatic carbocycles. The summed E-state index contributed by atoms with van der Waals surface area (Å²) < 4.78 is 7.56. The Bertz CT molecular complexity index is 889. The summed E-state index contributed by atoms with van der Waals surface area (Å²) in [6.45, 7) is 1.46. The lowest BCUT2D eigenvalue weighted by Crippen LogP contribution is -2.26. The van der Waals surface area contributed by atoms with Gasteiger partial charge in [0.15, 0.2) is 6.10 Å². The summed E-state index contributed by atoms with van der Waals surface area (Å²) >= 11 is 3.31. The van der Waals surface area contributed by atoms with Crippen LogP contribution in [0.2, 0.25) is 0 Å². The van der Waals surface area contributed by atoms with E-state index in [0.29, 0.717) is 11.1 Å². The number of carbonyl (C=O) groups excluding carboxylic acids is 2. The summed E-state index contributed by atoms with van der Waals surface area (Å²) in [6.07, 6.45) is -0.867. The molecule has 122 valence electrons. The van der Waals surface area contributed by atoms with Crippen LogP contribution in [0.4, 0.5) is 0 Å². The highest BCUT2D eigenvalue weighted by Gasteiger charge is 2.20. The first-order chi connectivity index (χ1) is 11.5. The molecule has 0 spiro atoms. The predicted octanol–water partition coefficient (Wildman–Crippen LogP) is 3.01. The van der Waals surface area contributed by atoms with Crippen LogP contribution in [-0.4, -0.2) is 32.9 Å². The summed E-state index contributed by atoms with van der Waals surface area (Å²) in [6, 6.07) is 14.2. The zero-order chi connectivity index (χ0) is 17.1. The first-order valence-corrected chi connectivity index (χ1v) is 8.11. The summed E-state index contributed by atoms with van der Waals surface area (Å²) in [5.74, 6) is -0.789. The number of benzene rings is 2. The predicted molar refractivity (Wildman–Crippen MR) is 91.6 cm³/mol. The number of hydrogen-bond acceptors (Lipinski definition) is 5. The molecule has 1 heterocycles. The van der Waals surface area contributed by atoms with E-state index in [1.54, 1.807) is 31.2 Å². The first kappa shape index (κ1) is 16.3. The van der Waals surface area contributed by atoms with Crippen molar-refractivity contribution in [2.24, 2.45) is 0 Å². The highest BCUT2D eigenvalue weighted by atomic mass is 79.9. The monoisotopic (exact) mass is 387 g/mol. The fraction of sp³-hybridized carbons (Fsp3) is 0.176. The van der Waals surface area contributed by atoms with Gasteiger partial charge in [0.25, 0.3) is 0 Å². The van der Waals surface area contributed by atoms with E-state index in [1.807, 2.05) is 24.3 Å². The Morgan fingerprint density at radius 1 is 1.17 bits per heavy atom. The number of halogens is 1. The van der Waals surface area contributed by atoms with E-state index >= 15 is 0 Å². The number of Topliss-reactive ketones (excluding diaryl/α,β-unsaturated/α-hetero) is 1. The molecule has 2 aromatic carbocycles. The van der Waals surface area contributed by atoms with Crippen molar-refractivity contribution >= 4 is 38.7 Å². The van der Waals surface area contributed by atoms with Crippen LogP contribution in [0.3, 0.4) is 0 Å². The van der Waals surface area contributed by atoms with Gasteiger partial charge in [-0.15, -0.1) is 5.10 Å². The van der Waals surface area contributed by atoms with Gasteiger partial charge in [0.1, 0.15) is 12.1 Å². The number of nitrogens with zero attached hydrogens (tertiary/aromatic N) is 3. The number of aromatic nitrogens is 3. The highest BCUT2D eigenvalue weighted by molar-refractivity contribution is 9.10. The molecule has 24 heavy (non-hydrogen) atoms. The Morgan fingerprint density at radius 2 is 1.88 bits per heavy atom. The molecule has 0 saturated heterocycles. The van der Waals surface area contributed by atoms with Crippen molar-refractivity contribution in [2.75, 3.05) is 0 Å². The van der Waals surface area contributed by atoms with Crippen molar-refractivity contribution in [1.82, 2.24) is 15.0 Å². The van der Waals surface area contributed by atoms with Gasteiger partial charge in [0.2, 0.25) is 5.78 Å². The maximum absolute atomic E-state index is 12.3. The molecule has 0 aliphatic rings. The van der Waals surface area contributed by atoms with Gasteiger partial charge in [-0.25, -0.2) is 4.68 Å². The molecule has 1 atom stereocenters. The molecule has 0 radical (unpaired) electrons. The molecule has 1 aromatic heterocycles. The van der Waals surface area contributed by atoms with Crippen molar-refractivity contribution in [3.05, 3.63) is 58.6 Å². The summed E-state index contributed by atoms with van der Waals surface area (Å²) in [7, 11) is 0. The van der Waals surface area contributed by atoms with Gasteiger partial charge in [-0.2, -0.15) is 0 Å². The minimum atomic E-state index is -0.867. The smallest absolute Gasteiger partial charge is 0.328 e. The van der Waals surface area contributed by atoms with E-state index in [0.717, 1.165) is 9.99 Å². The number of esters is 1. The van der Waals surface area contributed by atoms with Gasteiger partial charge in [0, 0.05) is 10.0 Å². The van der Waals surface area contributed by atoms with Crippen molar-refractivity contribution < 1.29 is 14.3 Å². The Morgan fingerprint density at radius 3 is 2.62 bits per heavy atom. The van der Waals surface area contributed by atoms with Crippen LogP contribution in [0, 0.1) is 0 Å². The Hall–Kier alpha value is -2.54. The molecular weight excluding hydrogens is 374 g/mol. The number of carbonyl (C=O) groups is 2. The van der Waals surface area contributed by atoms with E-state index in [2.05, 4.69) is 26.2 Å². The third-order valence-electron chi connectivity index (χ3n) is 3.51. The molecule has 3 rings (SSSR count). The average Bonchev–Trinajstić information content (AvgIpc) is 2.98. The van der Waals surface area contributed by atoms with Crippen LogP contribution in [0.15, 0.2) is 53.0 Å². The lowest BCUT2D eigenvalue weighted by atomic mass is 10.1. The van der Waals surface area contributed by atoms with Gasteiger partial charge in [-0.1, -0.05) is 45.4 Å². The highest BCUT2D eigenvalue weighted by Crippen LogP contribution is 2.14. The van der Waals surface area contributed by atoms with Crippen LogP contribution in [0.25, 0.3) is 11.0 Å². The van der Waals surface area contributed by atoms with Crippen molar-refractivity contribution in [3.8, 4) is 0 Å². The van der Waals surface area contributed by atoms with E-state index in [-0.39, 0.29) is 12.3 Å². The molecule has 0 fully saturated rings. The minimum Gasteiger partial charge on any atom is -0.453 e. The van der Waals surface area contributed by atoms with E-state index < -0.39 is 12.1 Å². The van der Waals surface area contributed by atoms with E-state index in [9.17, 15) is 9.59 Å². The van der Waals surface area contributed by atoms with Gasteiger partial charge >= 0.3 is 5.97 Å². The topological polar surface area (TPSA) is 74.1 Å². The van der Waals surface area contributed by atoms with Crippen molar-refractivity contribution in [3.63, 3.8) is 0 Å². The third-order valence-corrected chi connectivity index (χ3v) is 4.03. The Labute approximate surface area is 146 Å². The molecule has 0 aliphatic heterocycles. The lowest BCUT2D eigenvalue weighted by molar-refractivity contribution is -0.147. The van der Waals surface area contributed by atoms with Crippen LogP contribution in [0.5, 0.6) is 0 Å². The van der Waals surface area contributed by atoms with Gasteiger partial charge in [0.05, 0.1) is 5.52 Å². The maximum atomic E-state index is 12.3. The Kier molecular flexibility index (Phi) is 4.71. The quantitative estimate of drug-likeness (QED) is 0.496. The second kappa shape index (κ2) is 6.92. The van der Waals surface area contributed by atoms with Crippen LogP contribution in [0.1, 0.15) is 17.3 Å². The standard InChI is InChI=1S/C17H14BrN3O3/c1-11(17(23)12-6-8-13(18)9-7-12)24-16(22)10-21-15-5-3-2-4-14(15)19-20-21/h2-9,11H,10H2,1H3. The number of hydrogen-bond donors (Lipinski definition) is 0. The second-order valence-corrected chi connectivity index (χ2v) is 6.15. The lowest BCUT2D eigenvalue weighted by Gasteiger charge is -2.12. The van der Waals surface area contributed by atoms with Gasteiger partial charge in [-0.3, -0.25) is 9.59 Å². The third kappa shape index (κ3) is 3.51. The summed E-state index contributed by atoms with van der Waals surface area (Å²) in [5.41, 5.74) is 1.93. The van der Waals surface area contributed by atoms with E-state index in [4.69, 9.17) is 4.74 Å². The summed E-state index contributed by atoms with van der Waals surface area (Å²) in [4.78, 5) is 24.4. The fourth-order valence-electron chi connectivity index (χ4n) is 2.29. The number of ketones is 1. The molecule has 1 unspecified atom stereocenters. The van der Waals surface area contributed by atoms with Crippen LogP contribution in [-0.2, 0) is 16.1 Å². The molecule has 7 heteroatoms. The number of para-hydroxylation sites is 1. The molecule has 0 bridgehead atoms. The zero-order valence-corrected chi connectivity index (χ0v) is 14.4. The Balaban J connectivity index is 1.66. The fourth-order valence-corrected chi connectivity index (χ4v) is 2.56.